The molecule has 0 unspecified atom stereocenters. The molecular weight excluding hydrogens is 324 g/mol. The number of esters is 1. The summed E-state index contributed by atoms with van der Waals surface area (Å²) in [5, 5.41) is 8.77. The number of rotatable bonds is 4. The van der Waals surface area contributed by atoms with Gasteiger partial charge in [-0.15, -0.1) is 5.11 Å². The molecule has 3 aromatic carbocycles. The summed E-state index contributed by atoms with van der Waals surface area (Å²) in [4.78, 5) is 11.6. The third kappa shape index (κ3) is 4.03. The Hall–Kier alpha value is -3.27. The summed E-state index contributed by atoms with van der Waals surface area (Å²) in [6.07, 6.45) is 0. The Morgan fingerprint density at radius 1 is 0.808 bits per heavy atom. The lowest BCUT2D eigenvalue weighted by Gasteiger charge is -2.08. The minimum Gasteiger partial charge on any atom is -0.465 e. The summed E-state index contributed by atoms with van der Waals surface area (Å²) >= 11 is 0. The molecule has 0 bridgehead atoms. The number of carbonyl (C=O) groups excluding carboxylic acids is 1. The van der Waals surface area contributed by atoms with Crippen LogP contribution < -0.4 is 0 Å². The smallest absolute Gasteiger partial charge is 0.337 e. The van der Waals surface area contributed by atoms with E-state index in [1.807, 2.05) is 62.4 Å². The highest BCUT2D eigenvalue weighted by Gasteiger charge is 2.08. The van der Waals surface area contributed by atoms with Crippen molar-refractivity contribution in [1.82, 2.24) is 0 Å². The molecular formula is C22H20N2O2. The average molecular weight is 344 g/mol. The summed E-state index contributed by atoms with van der Waals surface area (Å²) in [5.41, 5.74) is 6.37. The first-order valence-electron chi connectivity index (χ1n) is 8.34. The van der Waals surface area contributed by atoms with Gasteiger partial charge >= 0.3 is 5.97 Å². The summed E-state index contributed by atoms with van der Waals surface area (Å²) in [5.74, 6) is -0.347. The molecule has 0 aliphatic heterocycles. The molecule has 0 heterocycles. The fourth-order valence-corrected chi connectivity index (χ4v) is 2.60. The standard InChI is InChI=1S/C22H20N2O2/c1-15-4-11-19(12-5-15)23-24-21-13-6-16(2)14-20(21)17-7-9-18(10-8-17)22(25)26-3/h4-14H,1-3H3. The Morgan fingerprint density at radius 2 is 1.46 bits per heavy atom. The van der Waals surface area contributed by atoms with Crippen molar-refractivity contribution in [1.29, 1.82) is 0 Å². The molecule has 4 heteroatoms. The maximum atomic E-state index is 11.6. The monoisotopic (exact) mass is 344 g/mol. The second-order valence-electron chi connectivity index (χ2n) is 6.13. The van der Waals surface area contributed by atoms with Crippen LogP contribution in [0.4, 0.5) is 11.4 Å². The molecule has 0 aromatic heterocycles. The van der Waals surface area contributed by atoms with Crippen LogP contribution in [0.15, 0.2) is 77.0 Å². The topological polar surface area (TPSA) is 51.0 Å². The zero-order valence-corrected chi connectivity index (χ0v) is 15.1. The van der Waals surface area contributed by atoms with Crippen LogP contribution in [-0.4, -0.2) is 13.1 Å². The van der Waals surface area contributed by atoms with E-state index in [-0.39, 0.29) is 5.97 Å². The molecule has 0 fully saturated rings. The quantitative estimate of drug-likeness (QED) is 0.419. The molecule has 0 aliphatic carbocycles. The van der Waals surface area contributed by atoms with Gasteiger partial charge in [0.2, 0.25) is 0 Å². The molecule has 0 saturated carbocycles. The van der Waals surface area contributed by atoms with Gasteiger partial charge in [0.25, 0.3) is 0 Å². The number of aryl methyl sites for hydroxylation is 2. The van der Waals surface area contributed by atoms with Gasteiger partial charge in [-0.25, -0.2) is 4.79 Å². The fourth-order valence-electron chi connectivity index (χ4n) is 2.60. The van der Waals surface area contributed by atoms with Gasteiger partial charge in [0.05, 0.1) is 24.0 Å². The molecule has 3 aromatic rings. The van der Waals surface area contributed by atoms with E-state index in [1.54, 1.807) is 12.1 Å². The zero-order valence-electron chi connectivity index (χ0n) is 15.1. The van der Waals surface area contributed by atoms with E-state index in [0.717, 1.165) is 28.1 Å². The Labute approximate surface area is 153 Å². The maximum Gasteiger partial charge on any atom is 0.337 e. The van der Waals surface area contributed by atoms with Crippen molar-refractivity contribution >= 4 is 17.3 Å². The molecule has 0 saturated heterocycles. The van der Waals surface area contributed by atoms with Gasteiger partial charge in [-0.2, -0.15) is 5.11 Å². The molecule has 0 amide bonds. The molecule has 0 N–H and O–H groups in total. The van der Waals surface area contributed by atoms with Crippen LogP contribution >= 0.6 is 0 Å². The molecule has 26 heavy (non-hydrogen) atoms. The van der Waals surface area contributed by atoms with Crippen LogP contribution in [0.25, 0.3) is 11.1 Å². The van der Waals surface area contributed by atoms with Crippen LogP contribution in [0.5, 0.6) is 0 Å². The number of azo groups is 1. The SMILES string of the molecule is COC(=O)c1ccc(-c2cc(C)ccc2N=Nc2ccc(C)cc2)cc1. The lowest BCUT2D eigenvalue weighted by Crippen LogP contribution is -2.00. The van der Waals surface area contributed by atoms with Crippen LogP contribution in [0.1, 0.15) is 21.5 Å². The van der Waals surface area contributed by atoms with Gasteiger partial charge in [0.15, 0.2) is 0 Å². The lowest BCUT2D eigenvalue weighted by molar-refractivity contribution is 0.0601. The fraction of sp³-hybridized carbons (Fsp3) is 0.136. The largest absolute Gasteiger partial charge is 0.465 e. The van der Waals surface area contributed by atoms with Crippen molar-refractivity contribution in [2.24, 2.45) is 10.2 Å². The zero-order chi connectivity index (χ0) is 18.5. The predicted molar refractivity (Wildman–Crippen MR) is 103 cm³/mol. The van der Waals surface area contributed by atoms with Crippen molar-refractivity contribution in [2.45, 2.75) is 13.8 Å². The molecule has 130 valence electrons. The molecule has 0 spiro atoms. The van der Waals surface area contributed by atoms with E-state index in [4.69, 9.17) is 4.74 Å². The van der Waals surface area contributed by atoms with Crippen LogP contribution in [0.3, 0.4) is 0 Å². The first kappa shape index (κ1) is 17.5. The van der Waals surface area contributed by atoms with E-state index in [2.05, 4.69) is 16.3 Å². The Balaban J connectivity index is 1.95. The number of benzene rings is 3. The van der Waals surface area contributed by atoms with Crippen molar-refractivity contribution in [3.05, 3.63) is 83.4 Å². The summed E-state index contributed by atoms with van der Waals surface area (Å²) in [7, 11) is 1.38. The van der Waals surface area contributed by atoms with Gasteiger partial charge in [-0.1, -0.05) is 41.5 Å². The average Bonchev–Trinajstić information content (AvgIpc) is 2.67. The maximum absolute atomic E-state index is 11.6. The molecule has 3 rings (SSSR count). The highest BCUT2D eigenvalue weighted by Crippen LogP contribution is 2.32. The van der Waals surface area contributed by atoms with Gasteiger partial charge in [0.1, 0.15) is 0 Å². The van der Waals surface area contributed by atoms with Gasteiger partial charge < -0.3 is 4.74 Å². The molecule has 0 atom stereocenters. The van der Waals surface area contributed by atoms with E-state index in [0.29, 0.717) is 5.56 Å². The summed E-state index contributed by atoms with van der Waals surface area (Å²) < 4.78 is 4.75. The molecule has 4 nitrogen and oxygen atoms in total. The summed E-state index contributed by atoms with van der Waals surface area (Å²) in [6.45, 7) is 4.07. The van der Waals surface area contributed by atoms with E-state index in [1.165, 1.54) is 12.7 Å². The second-order valence-corrected chi connectivity index (χ2v) is 6.13. The number of nitrogens with zero attached hydrogens (tertiary/aromatic N) is 2. The second kappa shape index (κ2) is 7.74. The first-order valence-corrected chi connectivity index (χ1v) is 8.34. The number of methoxy groups -OCH3 is 1. The highest BCUT2D eigenvalue weighted by molar-refractivity contribution is 5.90. The minimum atomic E-state index is -0.347. The Morgan fingerprint density at radius 3 is 2.12 bits per heavy atom. The van der Waals surface area contributed by atoms with Crippen molar-refractivity contribution in [3.63, 3.8) is 0 Å². The number of hydrogen-bond donors (Lipinski definition) is 0. The van der Waals surface area contributed by atoms with Gasteiger partial charge in [-0.3, -0.25) is 0 Å². The number of hydrogen-bond acceptors (Lipinski definition) is 4. The summed E-state index contributed by atoms with van der Waals surface area (Å²) in [6, 6.07) is 21.2. The van der Waals surface area contributed by atoms with E-state index in [9.17, 15) is 4.79 Å². The van der Waals surface area contributed by atoms with E-state index >= 15 is 0 Å². The lowest BCUT2D eigenvalue weighted by atomic mass is 10.0. The number of ether oxygens (including phenoxy) is 1. The van der Waals surface area contributed by atoms with E-state index < -0.39 is 0 Å². The Bertz CT molecular complexity index is 943. The third-order valence-electron chi connectivity index (χ3n) is 4.08. The van der Waals surface area contributed by atoms with Crippen LogP contribution in [-0.2, 0) is 4.74 Å². The number of carbonyl (C=O) groups is 1. The van der Waals surface area contributed by atoms with Crippen molar-refractivity contribution in [2.75, 3.05) is 7.11 Å². The third-order valence-corrected chi connectivity index (χ3v) is 4.08. The predicted octanol–water partition coefficient (Wildman–Crippen LogP) is 6.17. The van der Waals surface area contributed by atoms with Crippen molar-refractivity contribution in [3.8, 4) is 11.1 Å². The van der Waals surface area contributed by atoms with Crippen molar-refractivity contribution < 1.29 is 9.53 Å². The molecule has 0 radical (unpaired) electrons. The minimum absolute atomic E-state index is 0.347. The molecule has 0 aliphatic rings. The Kier molecular flexibility index (Phi) is 5.23. The van der Waals surface area contributed by atoms with Crippen LogP contribution in [0, 0.1) is 13.8 Å². The van der Waals surface area contributed by atoms with Gasteiger partial charge in [0, 0.05) is 5.56 Å². The normalized spacial score (nSPS) is 10.9. The first-order chi connectivity index (χ1) is 12.6. The van der Waals surface area contributed by atoms with Gasteiger partial charge in [-0.05, 0) is 55.8 Å². The highest BCUT2D eigenvalue weighted by atomic mass is 16.5. The van der Waals surface area contributed by atoms with Crippen LogP contribution in [0.2, 0.25) is 0 Å².